The number of carbonyl (C=O) groups is 2. The minimum absolute atomic E-state index is 0.0994. The number of hydrogen-bond donors (Lipinski definition) is 6. The number of allylic oxidation sites excluding steroid dienone is 3. The topological polar surface area (TPSA) is 171 Å². The van der Waals surface area contributed by atoms with E-state index in [2.05, 4.69) is 20.0 Å². The number of Topliss-reactive ketones (excluding diaryl/α,β-unsaturated/α-hetero) is 1. The van der Waals surface area contributed by atoms with Crippen molar-refractivity contribution in [2.75, 3.05) is 7.11 Å². The zero-order valence-electron chi connectivity index (χ0n) is 23.1. The van der Waals surface area contributed by atoms with Crippen LogP contribution in [-0.2, 0) is 25.7 Å². The number of H-pyrrole nitrogens is 1. The third-order valence-corrected chi connectivity index (χ3v) is 8.06. The summed E-state index contributed by atoms with van der Waals surface area (Å²) in [6, 6.07) is 14.8. The lowest BCUT2D eigenvalue weighted by molar-refractivity contribution is -0.557. The van der Waals surface area contributed by atoms with Crippen LogP contribution in [0.4, 0.5) is 4.53 Å². The molecule has 2 heterocycles. The second-order valence-electron chi connectivity index (χ2n) is 10.8. The number of methoxy groups -OCH3 is 1. The highest BCUT2D eigenvalue weighted by atomic mass is 19.3. The number of nitrogens with one attached hydrogen (secondary N) is 2. The van der Waals surface area contributed by atoms with Crippen LogP contribution in [0.3, 0.4) is 0 Å². The molecular formula is C30H31FN2O9. The molecule has 0 unspecified atom stereocenters. The van der Waals surface area contributed by atoms with E-state index >= 15 is 0 Å². The van der Waals surface area contributed by atoms with Crippen LogP contribution in [0.15, 0.2) is 77.3 Å². The summed E-state index contributed by atoms with van der Waals surface area (Å²) in [4.78, 5) is 33.5. The van der Waals surface area contributed by atoms with Crippen molar-refractivity contribution >= 4 is 22.7 Å². The van der Waals surface area contributed by atoms with E-state index in [4.69, 9.17) is 4.74 Å². The van der Waals surface area contributed by atoms with Crippen LogP contribution in [0.25, 0.3) is 10.9 Å². The number of dihydropyridines is 1. The first-order valence-electron chi connectivity index (χ1n) is 13.2. The number of aromatic amines is 1. The van der Waals surface area contributed by atoms with E-state index in [1.807, 2.05) is 48.5 Å². The number of ketones is 1. The van der Waals surface area contributed by atoms with Gasteiger partial charge in [0.25, 0.3) is 0 Å². The maximum Gasteiger partial charge on any atom is 0.414 e. The highest BCUT2D eigenvalue weighted by Crippen LogP contribution is 2.51. The Hall–Kier alpha value is -4.07. The van der Waals surface area contributed by atoms with Crippen LogP contribution in [-0.4, -0.2) is 56.2 Å². The van der Waals surface area contributed by atoms with Crippen molar-refractivity contribution in [3.63, 3.8) is 0 Å². The fraction of sp³-hybridized carbons (Fsp3) is 0.333. The van der Waals surface area contributed by atoms with Gasteiger partial charge in [0.2, 0.25) is 0 Å². The van der Waals surface area contributed by atoms with E-state index < -0.39 is 23.3 Å². The first kappa shape index (κ1) is 29.4. The summed E-state index contributed by atoms with van der Waals surface area (Å²) in [7, 11) is 1.56. The Morgan fingerprint density at radius 1 is 1.07 bits per heavy atom. The van der Waals surface area contributed by atoms with Gasteiger partial charge in [-0.25, -0.2) is 4.79 Å². The van der Waals surface area contributed by atoms with Gasteiger partial charge in [0.15, 0.2) is 5.78 Å². The Labute approximate surface area is 239 Å². The molecule has 0 bridgehead atoms. The number of ether oxygens (including phenoxy) is 2. The summed E-state index contributed by atoms with van der Waals surface area (Å²) in [6.07, 6.45) is 2.36. The minimum Gasteiger partial charge on any atom is -0.496 e. The van der Waals surface area contributed by atoms with Crippen LogP contribution in [0.2, 0.25) is 0 Å². The first-order chi connectivity index (χ1) is 19.8. The Morgan fingerprint density at radius 3 is 2.52 bits per heavy atom. The summed E-state index contributed by atoms with van der Waals surface area (Å²) < 4.78 is 22.8. The number of benzene rings is 2. The molecular weight excluding hydrogens is 551 g/mol. The number of fused-ring (bicyclic) bond motifs is 1. The van der Waals surface area contributed by atoms with Gasteiger partial charge >= 0.3 is 17.9 Å². The maximum atomic E-state index is 14.0. The quantitative estimate of drug-likeness (QED) is 0.171. The number of para-hydroxylation sites is 1. The zero-order valence-corrected chi connectivity index (χ0v) is 23.1. The number of carbonyl (C=O) groups excluding carboxylic acids is 2. The third-order valence-electron chi connectivity index (χ3n) is 8.06. The van der Waals surface area contributed by atoms with Gasteiger partial charge in [0.1, 0.15) is 5.75 Å². The average molecular weight is 583 g/mol. The van der Waals surface area contributed by atoms with Gasteiger partial charge in [-0.05, 0) is 53.6 Å². The van der Waals surface area contributed by atoms with E-state index in [9.17, 15) is 34.5 Å². The van der Waals surface area contributed by atoms with Gasteiger partial charge < -0.3 is 40.2 Å². The van der Waals surface area contributed by atoms with Gasteiger partial charge in [0, 0.05) is 51.8 Å². The van der Waals surface area contributed by atoms with E-state index in [0.29, 0.717) is 23.4 Å². The molecule has 1 aromatic heterocycles. The smallest absolute Gasteiger partial charge is 0.414 e. The van der Waals surface area contributed by atoms with Crippen LogP contribution >= 0.6 is 0 Å². The highest BCUT2D eigenvalue weighted by molar-refractivity contribution is 6.04. The maximum absolute atomic E-state index is 14.0. The van der Waals surface area contributed by atoms with E-state index in [1.165, 1.54) is 0 Å². The summed E-state index contributed by atoms with van der Waals surface area (Å²) in [5.74, 6) is -9.78. The Bertz CT molecular complexity index is 1620. The molecule has 42 heavy (non-hydrogen) atoms. The van der Waals surface area contributed by atoms with E-state index in [1.54, 1.807) is 27.2 Å². The molecule has 0 spiro atoms. The molecule has 11 nitrogen and oxygen atoms in total. The number of esters is 1. The molecule has 0 saturated heterocycles. The highest BCUT2D eigenvalue weighted by Gasteiger charge is 2.57. The van der Waals surface area contributed by atoms with Crippen molar-refractivity contribution in [3.8, 4) is 5.75 Å². The predicted octanol–water partition coefficient (Wildman–Crippen LogP) is 2.72. The zero-order chi connectivity index (χ0) is 30.4. The lowest BCUT2D eigenvalue weighted by Gasteiger charge is -2.43. The standard InChI is InChI=1S/C30H31FN2O9/c1-16-25(27(35)41-29(36,37)30(38,39)42-31)28(2,15-17-7-6-9-21-19(17)11-12-32-21)26-22(33-16)13-18(14-23(26)34)20-8-4-5-10-24(20)40-3/h4-12,18,32-33,36-39H,13-15H2,1-3H3/t18-,28-/m1/s1. The van der Waals surface area contributed by atoms with Gasteiger partial charge in [-0.1, -0.05) is 37.3 Å². The number of hydrogen-bond acceptors (Lipinski definition) is 10. The van der Waals surface area contributed by atoms with Crippen LogP contribution in [0, 0.1) is 5.41 Å². The van der Waals surface area contributed by atoms with Crippen LogP contribution in [0.1, 0.15) is 43.7 Å². The molecule has 1 aliphatic carbocycles. The van der Waals surface area contributed by atoms with Gasteiger partial charge in [-0.15, -0.1) is 4.94 Å². The molecule has 2 aromatic carbocycles. The van der Waals surface area contributed by atoms with Crippen molar-refractivity contribution in [1.82, 2.24) is 10.3 Å². The Morgan fingerprint density at radius 2 is 1.81 bits per heavy atom. The van der Waals surface area contributed by atoms with Crippen molar-refractivity contribution in [2.45, 2.75) is 51.0 Å². The molecule has 0 saturated carbocycles. The molecule has 0 radical (unpaired) electrons. The molecule has 2 aliphatic rings. The average Bonchev–Trinajstić information content (AvgIpc) is 3.42. The fourth-order valence-corrected chi connectivity index (χ4v) is 6.26. The van der Waals surface area contributed by atoms with Gasteiger partial charge in [-0.3, -0.25) is 4.79 Å². The van der Waals surface area contributed by atoms with E-state index in [0.717, 1.165) is 22.0 Å². The second-order valence-corrected chi connectivity index (χ2v) is 10.8. The van der Waals surface area contributed by atoms with Crippen molar-refractivity contribution in [3.05, 3.63) is 88.4 Å². The van der Waals surface area contributed by atoms with Crippen molar-refractivity contribution in [1.29, 1.82) is 0 Å². The SMILES string of the molecule is COc1ccccc1[C@H]1CC(=O)C2=C(C1)NC(C)=C(C(=O)OC(O)(O)C(O)(O)OF)[C@@]2(C)Cc1cccc2[nH]ccc12. The Balaban J connectivity index is 1.62. The molecule has 1 aliphatic heterocycles. The number of halogens is 1. The molecule has 3 aromatic rings. The van der Waals surface area contributed by atoms with Crippen molar-refractivity contribution in [2.24, 2.45) is 5.41 Å². The summed E-state index contributed by atoms with van der Waals surface area (Å²) in [6.45, 7) is 3.20. The van der Waals surface area contributed by atoms with Crippen LogP contribution in [0.5, 0.6) is 5.75 Å². The van der Waals surface area contributed by atoms with E-state index in [-0.39, 0.29) is 35.8 Å². The second kappa shape index (κ2) is 10.6. The predicted molar refractivity (Wildman–Crippen MR) is 146 cm³/mol. The molecule has 0 fully saturated rings. The molecule has 0 amide bonds. The molecule has 5 rings (SSSR count). The summed E-state index contributed by atoms with van der Waals surface area (Å²) in [5, 5.41) is 43.0. The summed E-state index contributed by atoms with van der Waals surface area (Å²) in [5.41, 5.74) is 1.93. The van der Waals surface area contributed by atoms with Gasteiger partial charge in [0.05, 0.1) is 12.7 Å². The number of aromatic nitrogens is 1. The fourth-order valence-electron chi connectivity index (χ4n) is 6.26. The Kier molecular flexibility index (Phi) is 7.46. The third kappa shape index (κ3) is 4.86. The molecule has 222 valence electrons. The number of aliphatic hydroxyl groups is 4. The molecule has 6 N–H and O–H groups in total. The minimum atomic E-state index is -4.29. The number of rotatable bonds is 8. The van der Waals surface area contributed by atoms with Crippen LogP contribution < -0.4 is 10.1 Å². The van der Waals surface area contributed by atoms with Gasteiger partial charge in [-0.2, -0.15) is 0 Å². The summed E-state index contributed by atoms with van der Waals surface area (Å²) >= 11 is 0. The molecule has 12 heteroatoms. The monoisotopic (exact) mass is 582 g/mol. The largest absolute Gasteiger partial charge is 0.496 e. The lowest BCUT2D eigenvalue weighted by atomic mass is 9.63. The molecule has 2 atom stereocenters. The van der Waals surface area contributed by atoms with Crippen molar-refractivity contribution < 1.29 is 49.0 Å². The first-order valence-corrected chi connectivity index (χ1v) is 13.2. The lowest BCUT2D eigenvalue weighted by Crippen LogP contribution is -2.58. The normalized spacial score (nSPS) is 21.3.